The molecule has 5 nitrogen and oxygen atoms in total. The molecule has 1 aromatic heterocycles. The van der Waals surface area contributed by atoms with Crippen LogP contribution in [-0.2, 0) is 11.2 Å². The summed E-state index contributed by atoms with van der Waals surface area (Å²) in [6.07, 6.45) is 2.82. The van der Waals surface area contributed by atoms with E-state index in [2.05, 4.69) is 35.7 Å². The van der Waals surface area contributed by atoms with Gasteiger partial charge in [-0.2, -0.15) is 0 Å². The van der Waals surface area contributed by atoms with Crippen molar-refractivity contribution in [1.82, 2.24) is 14.9 Å². The molecule has 2 heterocycles. The van der Waals surface area contributed by atoms with E-state index in [1.165, 1.54) is 15.4 Å². The number of rotatable bonds is 3. The summed E-state index contributed by atoms with van der Waals surface area (Å²) in [4.78, 5) is 23.3. The van der Waals surface area contributed by atoms with Crippen LogP contribution in [0.3, 0.4) is 0 Å². The molecule has 1 fully saturated rings. The molecule has 1 aliphatic rings. The van der Waals surface area contributed by atoms with Gasteiger partial charge >= 0.3 is 0 Å². The first-order valence-corrected chi connectivity index (χ1v) is 9.10. The van der Waals surface area contributed by atoms with E-state index in [0.717, 1.165) is 12.0 Å². The number of hydrogen-bond acceptors (Lipinski definition) is 4. The largest absolute Gasteiger partial charge is 0.325 e. The number of halogens is 1. The lowest BCUT2D eigenvalue weighted by Gasteiger charge is -2.36. The minimum absolute atomic E-state index is 0.0426. The Hall–Kier alpha value is -2.94. The van der Waals surface area contributed by atoms with Gasteiger partial charge in [0.15, 0.2) is 6.30 Å². The molecule has 1 saturated heterocycles. The van der Waals surface area contributed by atoms with Gasteiger partial charge in [-0.3, -0.25) is 4.79 Å². The standard InChI is InChI=1S/C21H23FN4O/c1-16(2)14-18-6-4-17(5-7-18)8-9-20(27)25-12-13-26(19(22)15-25)21-23-10-3-11-24-21/h3-7,10-11,16,19H,12-15H2,1-2H3. The molecular weight excluding hydrogens is 343 g/mol. The van der Waals surface area contributed by atoms with Gasteiger partial charge in [0.2, 0.25) is 5.95 Å². The number of nitrogens with zero attached hydrogens (tertiary/aromatic N) is 4. The molecule has 0 aliphatic carbocycles. The van der Waals surface area contributed by atoms with Gasteiger partial charge in [-0.25, -0.2) is 14.4 Å². The highest BCUT2D eigenvalue weighted by molar-refractivity contribution is 5.94. The normalized spacial score (nSPS) is 16.8. The first-order chi connectivity index (χ1) is 13.0. The summed E-state index contributed by atoms with van der Waals surface area (Å²) < 4.78 is 14.5. The van der Waals surface area contributed by atoms with E-state index >= 15 is 0 Å². The van der Waals surface area contributed by atoms with Crippen LogP contribution in [0.15, 0.2) is 42.7 Å². The lowest BCUT2D eigenvalue weighted by Crippen LogP contribution is -2.53. The van der Waals surface area contributed by atoms with E-state index in [-0.39, 0.29) is 12.5 Å². The molecule has 27 heavy (non-hydrogen) atoms. The number of benzene rings is 1. The molecule has 140 valence electrons. The molecule has 0 saturated carbocycles. The van der Waals surface area contributed by atoms with E-state index in [1.807, 2.05) is 24.3 Å². The van der Waals surface area contributed by atoms with Gasteiger partial charge in [-0.15, -0.1) is 0 Å². The van der Waals surface area contributed by atoms with Crippen molar-refractivity contribution in [3.8, 4) is 11.8 Å². The summed E-state index contributed by atoms with van der Waals surface area (Å²) in [6, 6.07) is 9.58. The van der Waals surface area contributed by atoms with Crippen molar-refractivity contribution in [1.29, 1.82) is 0 Å². The van der Waals surface area contributed by atoms with E-state index in [1.54, 1.807) is 18.5 Å². The predicted octanol–water partition coefficient (Wildman–Crippen LogP) is 2.67. The van der Waals surface area contributed by atoms with Gasteiger partial charge < -0.3 is 9.80 Å². The van der Waals surface area contributed by atoms with Crippen molar-refractivity contribution >= 4 is 11.9 Å². The average Bonchev–Trinajstić information content (AvgIpc) is 2.67. The van der Waals surface area contributed by atoms with Crippen molar-refractivity contribution in [2.24, 2.45) is 5.92 Å². The van der Waals surface area contributed by atoms with Crippen molar-refractivity contribution in [3.05, 3.63) is 53.9 Å². The smallest absolute Gasteiger partial charge is 0.299 e. The second-order valence-corrected chi connectivity index (χ2v) is 6.97. The Labute approximate surface area is 159 Å². The van der Waals surface area contributed by atoms with Crippen LogP contribution in [0.25, 0.3) is 0 Å². The van der Waals surface area contributed by atoms with Crippen molar-refractivity contribution in [3.63, 3.8) is 0 Å². The van der Waals surface area contributed by atoms with E-state index in [9.17, 15) is 9.18 Å². The number of carbonyl (C=O) groups is 1. The van der Waals surface area contributed by atoms with Crippen LogP contribution >= 0.6 is 0 Å². The van der Waals surface area contributed by atoms with Crippen molar-refractivity contribution in [2.45, 2.75) is 26.6 Å². The Balaban J connectivity index is 1.59. The van der Waals surface area contributed by atoms with Crippen LogP contribution < -0.4 is 4.90 Å². The highest BCUT2D eigenvalue weighted by atomic mass is 19.1. The zero-order valence-corrected chi connectivity index (χ0v) is 15.6. The van der Waals surface area contributed by atoms with Gasteiger partial charge in [0.25, 0.3) is 5.91 Å². The first-order valence-electron chi connectivity index (χ1n) is 9.10. The SMILES string of the molecule is CC(C)Cc1ccc(C#CC(=O)N2CCN(c3ncccn3)C(F)C2)cc1. The van der Waals surface area contributed by atoms with Crippen LogP contribution in [-0.4, -0.2) is 46.7 Å². The van der Waals surface area contributed by atoms with Crippen LogP contribution in [0.2, 0.25) is 0 Å². The zero-order chi connectivity index (χ0) is 19.2. The molecule has 3 rings (SSSR count). The molecule has 1 aliphatic heterocycles. The Morgan fingerprint density at radius 3 is 2.56 bits per heavy atom. The molecule has 1 atom stereocenters. The molecule has 0 N–H and O–H groups in total. The fraction of sp³-hybridized carbons (Fsp3) is 0.381. The lowest BCUT2D eigenvalue weighted by molar-refractivity contribution is -0.126. The highest BCUT2D eigenvalue weighted by Crippen LogP contribution is 2.16. The third-order valence-corrected chi connectivity index (χ3v) is 4.33. The van der Waals surface area contributed by atoms with Crippen LogP contribution in [0.1, 0.15) is 25.0 Å². The molecule has 6 heteroatoms. The molecule has 0 radical (unpaired) electrons. The number of hydrogen-bond donors (Lipinski definition) is 0. The van der Waals surface area contributed by atoms with E-state index in [0.29, 0.717) is 25.0 Å². The van der Waals surface area contributed by atoms with Gasteiger partial charge in [-0.05, 0) is 36.1 Å². The number of alkyl halides is 1. The quantitative estimate of drug-likeness (QED) is 0.619. The summed E-state index contributed by atoms with van der Waals surface area (Å²) in [5.41, 5.74) is 2.03. The Morgan fingerprint density at radius 1 is 1.22 bits per heavy atom. The maximum absolute atomic E-state index is 14.5. The minimum atomic E-state index is -1.35. The zero-order valence-electron chi connectivity index (χ0n) is 15.6. The van der Waals surface area contributed by atoms with Gasteiger partial charge in [0.05, 0.1) is 6.54 Å². The molecule has 2 aromatic rings. The second kappa shape index (κ2) is 8.63. The van der Waals surface area contributed by atoms with Gasteiger partial charge in [0.1, 0.15) is 0 Å². The lowest BCUT2D eigenvalue weighted by atomic mass is 10.0. The summed E-state index contributed by atoms with van der Waals surface area (Å²) in [7, 11) is 0. The maximum Gasteiger partial charge on any atom is 0.299 e. The maximum atomic E-state index is 14.5. The molecule has 1 unspecified atom stereocenters. The van der Waals surface area contributed by atoms with E-state index < -0.39 is 6.30 Å². The number of anilines is 1. The molecule has 1 amide bonds. The van der Waals surface area contributed by atoms with Crippen LogP contribution in [0.5, 0.6) is 0 Å². The number of piperazine rings is 1. The van der Waals surface area contributed by atoms with Gasteiger partial charge in [0, 0.05) is 37.0 Å². The predicted molar refractivity (Wildman–Crippen MR) is 103 cm³/mol. The molecule has 0 bridgehead atoms. The molecule has 1 aromatic carbocycles. The average molecular weight is 366 g/mol. The third kappa shape index (κ3) is 5.04. The Kier molecular flexibility index (Phi) is 6.02. The molecular formula is C21H23FN4O. The summed E-state index contributed by atoms with van der Waals surface area (Å²) in [6.45, 7) is 5.03. The van der Waals surface area contributed by atoms with Crippen molar-refractivity contribution < 1.29 is 9.18 Å². The van der Waals surface area contributed by atoms with Crippen molar-refractivity contribution in [2.75, 3.05) is 24.5 Å². The Morgan fingerprint density at radius 2 is 1.93 bits per heavy atom. The second-order valence-electron chi connectivity index (χ2n) is 6.97. The summed E-state index contributed by atoms with van der Waals surface area (Å²) in [5.74, 6) is 6.07. The summed E-state index contributed by atoms with van der Waals surface area (Å²) in [5, 5.41) is 0. The first kappa shape index (κ1) is 18.8. The third-order valence-electron chi connectivity index (χ3n) is 4.33. The molecule has 0 spiro atoms. The highest BCUT2D eigenvalue weighted by Gasteiger charge is 2.30. The van der Waals surface area contributed by atoms with Gasteiger partial charge in [-0.1, -0.05) is 31.9 Å². The van der Waals surface area contributed by atoms with Crippen LogP contribution in [0.4, 0.5) is 10.3 Å². The fourth-order valence-corrected chi connectivity index (χ4v) is 2.99. The number of amides is 1. The fourth-order valence-electron chi connectivity index (χ4n) is 2.99. The minimum Gasteiger partial charge on any atom is -0.325 e. The number of carbonyl (C=O) groups excluding carboxylic acids is 1. The number of aromatic nitrogens is 2. The monoisotopic (exact) mass is 366 g/mol. The topological polar surface area (TPSA) is 49.3 Å². The van der Waals surface area contributed by atoms with Crippen LogP contribution in [0, 0.1) is 17.8 Å². The Bertz CT molecular complexity index is 827. The summed E-state index contributed by atoms with van der Waals surface area (Å²) >= 11 is 0. The van der Waals surface area contributed by atoms with E-state index in [4.69, 9.17) is 0 Å².